The quantitative estimate of drug-likeness (QED) is 0.272. The fourth-order valence-electron chi connectivity index (χ4n) is 3.21. The van der Waals surface area contributed by atoms with Crippen molar-refractivity contribution in [2.45, 2.75) is 101 Å². The molecule has 0 bridgehead atoms. The van der Waals surface area contributed by atoms with Gasteiger partial charge in [-0.1, -0.05) is 6.92 Å². The van der Waals surface area contributed by atoms with Gasteiger partial charge in [-0.05, 0) is 20.3 Å². The van der Waals surface area contributed by atoms with E-state index in [4.69, 9.17) is 24.1 Å². The maximum Gasteiger partial charge on any atom is 0.305 e. The summed E-state index contributed by atoms with van der Waals surface area (Å²) >= 11 is 0. The zero-order chi connectivity index (χ0) is 21.2. The molecule has 0 aromatic carbocycles. The highest BCUT2D eigenvalue weighted by Gasteiger charge is 2.50. The molecule has 0 radical (unpaired) electrons. The minimum absolute atomic E-state index is 0.305. The van der Waals surface area contributed by atoms with Crippen LogP contribution in [0.25, 0.3) is 0 Å². The van der Waals surface area contributed by atoms with Crippen LogP contribution < -0.4 is 0 Å². The minimum Gasteiger partial charge on any atom is -0.481 e. The first-order chi connectivity index (χ1) is 13.1. The van der Waals surface area contributed by atoms with Crippen molar-refractivity contribution in [3.8, 4) is 0 Å². The molecule has 2 saturated heterocycles. The van der Waals surface area contributed by atoms with Gasteiger partial charge in [-0.2, -0.15) is 0 Å². The van der Waals surface area contributed by atoms with Gasteiger partial charge in [0.05, 0.1) is 24.7 Å². The summed E-state index contributed by atoms with van der Waals surface area (Å²) < 4.78 is 22.1. The van der Waals surface area contributed by atoms with E-state index in [9.17, 15) is 30.3 Å². The lowest BCUT2D eigenvalue weighted by atomic mass is 9.98. The SMILES string of the molecule is CCC(CC(=O)O)OC1O[C@H](C)[C@@H](O)[C@H](O)[C@@H]1OC1O[C@H](C)[C@@H](O)[C@H](O)[C@@H]1O. The van der Waals surface area contributed by atoms with Gasteiger partial charge in [-0.25, -0.2) is 0 Å². The van der Waals surface area contributed by atoms with Crippen LogP contribution in [0.4, 0.5) is 0 Å². The van der Waals surface area contributed by atoms with Crippen molar-refractivity contribution in [1.29, 1.82) is 0 Å². The highest BCUT2D eigenvalue weighted by atomic mass is 16.8. The van der Waals surface area contributed by atoms with Crippen LogP contribution in [-0.2, 0) is 23.7 Å². The maximum absolute atomic E-state index is 11.0. The molecule has 0 aromatic heterocycles. The van der Waals surface area contributed by atoms with Crippen LogP contribution in [0.3, 0.4) is 0 Å². The summed E-state index contributed by atoms with van der Waals surface area (Å²) in [6.45, 7) is 4.69. The molecule has 11 nitrogen and oxygen atoms in total. The molecule has 11 heteroatoms. The van der Waals surface area contributed by atoms with E-state index < -0.39 is 73.5 Å². The molecule has 2 fully saturated rings. The van der Waals surface area contributed by atoms with E-state index >= 15 is 0 Å². The van der Waals surface area contributed by atoms with Gasteiger partial charge in [-0.3, -0.25) is 4.79 Å². The molecule has 0 saturated carbocycles. The summed E-state index contributed by atoms with van der Waals surface area (Å²) in [4.78, 5) is 11.0. The summed E-state index contributed by atoms with van der Waals surface area (Å²) in [6.07, 6.45) is -13.8. The molecule has 28 heavy (non-hydrogen) atoms. The molecule has 2 rings (SSSR count). The molecular weight excluding hydrogens is 380 g/mol. The summed E-state index contributed by atoms with van der Waals surface area (Å²) in [6, 6.07) is 0. The van der Waals surface area contributed by atoms with Gasteiger partial charge in [0.25, 0.3) is 0 Å². The predicted molar refractivity (Wildman–Crippen MR) is 91.0 cm³/mol. The molecule has 6 N–H and O–H groups in total. The largest absolute Gasteiger partial charge is 0.481 e. The number of ether oxygens (including phenoxy) is 4. The number of aliphatic carboxylic acids is 1. The Morgan fingerprint density at radius 3 is 1.96 bits per heavy atom. The smallest absolute Gasteiger partial charge is 0.305 e. The predicted octanol–water partition coefficient (Wildman–Crippen LogP) is -2.06. The summed E-state index contributed by atoms with van der Waals surface area (Å²) in [5.41, 5.74) is 0. The highest BCUT2D eigenvalue weighted by Crippen LogP contribution is 2.30. The van der Waals surface area contributed by atoms with Gasteiger partial charge >= 0.3 is 5.97 Å². The standard InChI is InChI=1S/C17H30O11/c1-4-8(5-9(18)19)27-17-15(13(23)11(21)7(3)26-17)28-16-14(24)12(22)10(20)6(2)25-16/h6-8,10-17,20-24H,4-5H2,1-3H3,(H,18,19)/t6-,7-,8?,10-,11-,12+,13+,14+,15+,16?,17?/m1/s1. The first kappa shape index (κ1) is 23.4. The topological polar surface area (TPSA) is 175 Å². The molecule has 2 aliphatic heterocycles. The fraction of sp³-hybridized carbons (Fsp3) is 0.941. The van der Waals surface area contributed by atoms with E-state index in [-0.39, 0.29) is 6.42 Å². The number of carboxylic acid groups (broad SMARTS) is 1. The first-order valence-corrected chi connectivity index (χ1v) is 9.30. The molecular formula is C17H30O11. The normalized spacial score (nSPS) is 45.6. The second-order valence-electron chi connectivity index (χ2n) is 7.24. The van der Waals surface area contributed by atoms with Gasteiger partial charge in [0.15, 0.2) is 12.6 Å². The molecule has 0 aliphatic carbocycles. The van der Waals surface area contributed by atoms with Gasteiger partial charge in [-0.15, -0.1) is 0 Å². The van der Waals surface area contributed by atoms with Crippen LogP contribution in [0.5, 0.6) is 0 Å². The summed E-state index contributed by atoms with van der Waals surface area (Å²) in [5.74, 6) is -1.08. The Morgan fingerprint density at radius 1 is 0.893 bits per heavy atom. The molecule has 3 unspecified atom stereocenters. The zero-order valence-corrected chi connectivity index (χ0v) is 16.0. The fourth-order valence-corrected chi connectivity index (χ4v) is 3.21. The number of carbonyl (C=O) groups is 1. The molecule has 2 aliphatic rings. The Morgan fingerprint density at radius 2 is 1.43 bits per heavy atom. The van der Waals surface area contributed by atoms with Gasteiger partial charge in [0, 0.05) is 0 Å². The van der Waals surface area contributed by atoms with Crippen molar-refractivity contribution < 1.29 is 54.4 Å². The molecule has 2 heterocycles. The summed E-state index contributed by atoms with van der Waals surface area (Å²) in [7, 11) is 0. The number of carboxylic acids is 1. The molecule has 164 valence electrons. The molecule has 0 spiro atoms. The Bertz CT molecular complexity index is 517. The van der Waals surface area contributed by atoms with Crippen molar-refractivity contribution in [2.24, 2.45) is 0 Å². The van der Waals surface area contributed by atoms with E-state index in [0.717, 1.165) is 0 Å². The van der Waals surface area contributed by atoms with E-state index in [1.807, 2.05) is 0 Å². The number of aliphatic hydroxyl groups is 5. The van der Waals surface area contributed by atoms with Gasteiger partial charge in [0.1, 0.15) is 36.6 Å². The molecule has 0 aromatic rings. The van der Waals surface area contributed by atoms with Crippen LogP contribution >= 0.6 is 0 Å². The van der Waals surface area contributed by atoms with E-state index in [1.165, 1.54) is 13.8 Å². The van der Waals surface area contributed by atoms with Crippen molar-refractivity contribution >= 4 is 5.97 Å². The lowest BCUT2D eigenvalue weighted by Gasteiger charge is -2.46. The van der Waals surface area contributed by atoms with Crippen molar-refractivity contribution in [1.82, 2.24) is 0 Å². The lowest BCUT2D eigenvalue weighted by molar-refractivity contribution is -0.366. The van der Waals surface area contributed by atoms with Crippen molar-refractivity contribution in [3.05, 3.63) is 0 Å². The second-order valence-corrected chi connectivity index (χ2v) is 7.24. The van der Waals surface area contributed by atoms with Gasteiger partial charge in [0.2, 0.25) is 0 Å². The Kier molecular flexibility index (Phi) is 8.14. The van der Waals surface area contributed by atoms with Gasteiger partial charge < -0.3 is 49.6 Å². The second kappa shape index (κ2) is 9.74. The van der Waals surface area contributed by atoms with Crippen LogP contribution in [0.1, 0.15) is 33.6 Å². The molecule has 0 amide bonds. The number of rotatable bonds is 7. The Hall–Kier alpha value is -0.890. The van der Waals surface area contributed by atoms with E-state index in [0.29, 0.717) is 6.42 Å². The van der Waals surface area contributed by atoms with Crippen molar-refractivity contribution in [2.75, 3.05) is 0 Å². The monoisotopic (exact) mass is 410 g/mol. The van der Waals surface area contributed by atoms with Crippen LogP contribution in [0.2, 0.25) is 0 Å². The molecule has 11 atom stereocenters. The number of hydrogen-bond acceptors (Lipinski definition) is 10. The van der Waals surface area contributed by atoms with E-state index in [1.54, 1.807) is 6.92 Å². The summed E-state index contributed by atoms with van der Waals surface area (Å²) in [5, 5.41) is 59.4. The third-order valence-electron chi connectivity index (χ3n) is 5.07. The zero-order valence-electron chi connectivity index (χ0n) is 16.0. The Balaban J connectivity index is 2.17. The highest BCUT2D eigenvalue weighted by molar-refractivity contribution is 5.67. The average molecular weight is 410 g/mol. The van der Waals surface area contributed by atoms with Crippen LogP contribution in [-0.4, -0.2) is 104 Å². The van der Waals surface area contributed by atoms with E-state index in [2.05, 4.69) is 0 Å². The van der Waals surface area contributed by atoms with Crippen molar-refractivity contribution in [3.63, 3.8) is 0 Å². The number of hydrogen-bond donors (Lipinski definition) is 6. The average Bonchev–Trinajstić information content (AvgIpc) is 2.64. The third kappa shape index (κ3) is 5.17. The van der Waals surface area contributed by atoms with Crippen LogP contribution in [0, 0.1) is 0 Å². The lowest BCUT2D eigenvalue weighted by Crippen LogP contribution is -2.63. The third-order valence-corrected chi connectivity index (χ3v) is 5.07. The first-order valence-electron chi connectivity index (χ1n) is 9.30. The van der Waals surface area contributed by atoms with Crippen LogP contribution in [0.15, 0.2) is 0 Å². The number of aliphatic hydroxyl groups excluding tert-OH is 5. The maximum atomic E-state index is 11.0. The Labute approximate surface area is 162 Å². The minimum atomic E-state index is -1.63.